The molecule has 5 nitrogen and oxygen atoms in total. The van der Waals surface area contributed by atoms with E-state index in [0.29, 0.717) is 18.0 Å². The molecule has 0 saturated carbocycles. The molecule has 2 rings (SSSR count). The molecule has 1 fully saturated rings. The molecule has 23 heavy (non-hydrogen) atoms. The maximum atomic E-state index is 11.9. The van der Waals surface area contributed by atoms with E-state index < -0.39 is 10.0 Å². The first-order chi connectivity index (χ1) is 10.9. The molecule has 1 aromatic carbocycles. The molecule has 1 aromatic rings. The molecule has 1 saturated heterocycles. The molecule has 0 amide bonds. The summed E-state index contributed by atoms with van der Waals surface area (Å²) in [6, 6.07) is 9.79. The van der Waals surface area contributed by atoms with Gasteiger partial charge in [0.2, 0.25) is 10.0 Å². The number of nitrogens with zero attached hydrogens (tertiary/aromatic N) is 2. The van der Waals surface area contributed by atoms with Crippen LogP contribution in [0.5, 0.6) is 0 Å². The number of sulfonamides is 1. The van der Waals surface area contributed by atoms with Gasteiger partial charge in [-0.2, -0.15) is 5.26 Å². The van der Waals surface area contributed by atoms with Gasteiger partial charge in [0, 0.05) is 19.6 Å². The van der Waals surface area contributed by atoms with E-state index in [0.717, 1.165) is 32.5 Å². The molecular weight excluding hydrogens is 310 g/mol. The summed E-state index contributed by atoms with van der Waals surface area (Å²) in [6.07, 6.45) is 2.15. The fraction of sp³-hybridized carbons (Fsp3) is 0.588. The van der Waals surface area contributed by atoms with Gasteiger partial charge in [-0.15, -0.1) is 0 Å². The molecule has 0 bridgehead atoms. The van der Waals surface area contributed by atoms with Crippen molar-refractivity contribution in [1.82, 2.24) is 9.62 Å². The van der Waals surface area contributed by atoms with Crippen molar-refractivity contribution in [3.63, 3.8) is 0 Å². The van der Waals surface area contributed by atoms with E-state index in [9.17, 15) is 8.42 Å². The minimum Gasteiger partial charge on any atom is -0.299 e. The van der Waals surface area contributed by atoms with Crippen LogP contribution in [-0.4, -0.2) is 38.2 Å². The highest BCUT2D eigenvalue weighted by molar-refractivity contribution is 7.90. The zero-order valence-electron chi connectivity index (χ0n) is 13.8. The molecule has 1 N–H and O–H groups in total. The van der Waals surface area contributed by atoms with Gasteiger partial charge < -0.3 is 0 Å². The van der Waals surface area contributed by atoms with Gasteiger partial charge in [0.05, 0.1) is 16.9 Å². The number of rotatable bonds is 6. The Morgan fingerprint density at radius 3 is 2.65 bits per heavy atom. The quantitative estimate of drug-likeness (QED) is 0.864. The van der Waals surface area contributed by atoms with Crippen molar-refractivity contribution in [1.29, 1.82) is 5.26 Å². The number of piperidine rings is 1. The van der Waals surface area contributed by atoms with Crippen LogP contribution in [0, 0.1) is 17.2 Å². The Morgan fingerprint density at radius 2 is 2.04 bits per heavy atom. The monoisotopic (exact) mass is 335 g/mol. The maximum Gasteiger partial charge on any atom is 0.213 e. The summed E-state index contributed by atoms with van der Waals surface area (Å²) < 4.78 is 26.4. The summed E-state index contributed by atoms with van der Waals surface area (Å²) in [7, 11) is -3.18. The Hall–Kier alpha value is -1.42. The number of hydrogen-bond donors (Lipinski definition) is 1. The van der Waals surface area contributed by atoms with Gasteiger partial charge in [-0.1, -0.05) is 12.1 Å². The van der Waals surface area contributed by atoms with Crippen LogP contribution in [0.15, 0.2) is 24.3 Å². The molecular formula is C17H25N3O2S. The van der Waals surface area contributed by atoms with Crippen molar-refractivity contribution in [3.05, 3.63) is 35.4 Å². The lowest BCUT2D eigenvalue weighted by atomic mass is 9.98. The lowest BCUT2D eigenvalue weighted by molar-refractivity contribution is 0.169. The van der Waals surface area contributed by atoms with Crippen molar-refractivity contribution in [3.8, 4) is 6.07 Å². The summed E-state index contributed by atoms with van der Waals surface area (Å²) in [5, 5.41) is 8.44. The van der Waals surface area contributed by atoms with Crippen molar-refractivity contribution in [2.75, 3.05) is 19.6 Å². The second kappa shape index (κ2) is 7.91. The van der Waals surface area contributed by atoms with Crippen LogP contribution in [0.3, 0.4) is 0 Å². The Labute approximate surface area is 139 Å². The number of likely N-dealkylation sites (tertiary alicyclic amines) is 1. The van der Waals surface area contributed by atoms with Crippen LogP contribution < -0.4 is 4.72 Å². The molecule has 0 radical (unpaired) electrons. The molecule has 1 heterocycles. The van der Waals surface area contributed by atoms with Crippen LogP contribution in [-0.2, 0) is 16.6 Å². The summed E-state index contributed by atoms with van der Waals surface area (Å²) in [6.45, 7) is 6.69. The summed E-state index contributed by atoms with van der Waals surface area (Å²) in [5.74, 6) is 0.357. The van der Waals surface area contributed by atoms with Gasteiger partial charge in [-0.25, -0.2) is 13.1 Å². The molecule has 0 aromatic heterocycles. The maximum absolute atomic E-state index is 11.9. The lowest BCUT2D eigenvalue weighted by Gasteiger charge is -2.33. The summed E-state index contributed by atoms with van der Waals surface area (Å²) in [5.41, 5.74) is 1.86. The van der Waals surface area contributed by atoms with E-state index in [2.05, 4.69) is 15.7 Å². The Bertz CT molecular complexity index is 647. The van der Waals surface area contributed by atoms with E-state index in [1.165, 1.54) is 5.56 Å². The summed E-state index contributed by atoms with van der Waals surface area (Å²) in [4.78, 5) is 2.36. The first-order valence-electron chi connectivity index (χ1n) is 8.10. The minimum atomic E-state index is -3.18. The zero-order chi connectivity index (χ0) is 16.9. The van der Waals surface area contributed by atoms with Crippen molar-refractivity contribution in [2.45, 2.75) is 38.5 Å². The van der Waals surface area contributed by atoms with E-state index in [1.807, 2.05) is 24.3 Å². The van der Waals surface area contributed by atoms with Gasteiger partial charge in [-0.05, 0) is 56.8 Å². The third-order valence-electron chi connectivity index (χ3n) is 4.29. The Balaban J connectivity index is 1.87. The predicted octanol–water partition coefficient (Wildman–Crippen LogP) is 2.10. The van der Waals surface area contributed by atoms with Crippen LogP contribution in [0.1, 0.15) is 37.8 Å². The molecule has 1 atom stereocenters. The number of nitriles is 1. The average molecular weight is 335 g/mol. The highest BCUT2D eigenvalue weighted by atomic mass is 32.2. The molecule has 1 unspecified atom stereocenters. The fourth-order valence-corrected chi connectivity index (χ4v) is 3.61. The van der Waals surface area contributed by atoms with Crippen molar-refractivity contribution < 1.29 is 8.42 Å². The predicted molar refractivity (Wildman–Crippen MR) is 91.2 cm³/mol. The fourth-order valence-electron chi connectivity index (χ4n) is 2.81. The van der Waals surface area contributed by atoms with Crippen molar-refractivity contribution >= 4 is 10.0 Å². The smallest absolute Gasteiger partial charge is 0.213 e. The molecule has 0 spiro atoms. The van der Waals surface area contributed by atoms with Crippen LogP contribution in [0.4, 0.5) is 0 Å². The highest BCUT2D eigenvalue weighted by Crippen LogP contribution is 2.18. The average Bonchev–Trinajstić information content (AvgIpc) is 2.54. The first-order valence-corrected chi connectivity index (χ1v) is 9.65. The van der Waals surface area contributed by atoms with E-state index in [1.54, 1.807) is 13.8 Å². The van der Waals surface area contributed by atoms with E-state index in [-0.39, 0.29) is 5.25 Å². The Kier molecular flexibility index (Phi) is 6.17. The number of nitrogens with one attached hydrogen (secondary N) is 1. The number of hydrogen-bond acceptors (Lipinski definition) is 4. The summed E-state index contributed by atoms with van der Waals surface area (Å²) >= 11 is 0. The topological polar surface area (TPSA) is 73.2 Å². The van der Waals surface area contributed by atoms with E-state index >= 15 is 0 Å². The van der Waals surface area contributed by atoms with Gasteiger partial charge in [0.25, 0.3) is 0 Å². The zero-order valence-corrected chi connectivity index (χ0v) is 14.6. The minimum absolute atomic E-state index is 0.357. The second-order valence-corrected chi connectivity index (χ2v) is 8.82. The van der Waals surface area contributed by atoms with Crippen molar-refractivity contribution in [2.24, 2.45) is 5.92 Å². The van der Waals surface area contributed by atoms with Gasteiger partial charge in [0.1, 0.15) is 0 Å². The molecule has 1 aliphatic heterocycles. The van der Waals surface area contributed by atoms with Crippen LogP contribution in [0.25, 0.3) is 0 Å². The normalized spacial score (nSPS) is 19.7. The third-order valence-corrected chi connectivity index (χ3v) is 6.10. The van der Waals surface area contributed by atoms with Gasteiger partial charge in [0.15, 0.2) is 0 Å². The first kappa shape index (κ1) is 17.9. The lowest BCUT2D eigenvalue weighted by Crippen LogP contribution is -2.42. The van der Waals surface area contributed by atoms with Gasteiger partial charge >= 0.3 is 0 Å². The number of benzene rings is 1. The largest absolute Gasteiger partial charge is 0.299 e. The third kappa shape index (κ3) is 5.31. The van der Waals surface area contributed by atoms with Crippen LogP contribution >= 0.6 is 0 Å². The Morgan fingerprint density at radius 1 is 1.35 bits per heavy atom. The standard InChI is InChI=1S/C17H25N3O2S/c1-14(2)23(21,22)19-11-17-4-3-9-20(13-17)12-16-7-5-15(10-18)6-8-16/h5-8,14,17,19H,3-4,9,11-13H2,1-2H3. The SMILES string of the molecule is CC(C)S(=O)(=O)NCC1CCCN(Cc2ccc(C#N)cc2)C1. The van der Waals surface area contributed by atoms with E-state index in [4.69, 9.17) is 5.26 Å². The van der Waals surface area contributed by atoms with Crippen LogP contribution in [0.2, 0.25) is 0 Å². The second-order valence-electron chi connectivity index (χ2n) is 6.49. The molecule has 1 aliphatic rings. The molecule has 126 valence electrons. The van der Waals surface area contributed by atoms with Gasteiger partial charge in [-0.3, -0.25) is 4.90 Å². The highest BCUT2D eigenvalue weighted by Gasteiger charge is 2.23. The molecule has 0 aliphatic carbocycles. The molecule has 6 heteroatoms.